The van der Waals surface area contributed by atoms with Crippen molar-refractivity contribution < 1.29 is 4.79 Å². The number of hydrogen-bond acceptors (Lipinski definition) is 2. The zero-order chi connectivity index (χ0) is 15.4. The average molecular weight is 282 g/mol. The molecule has 0 spiro atoms. The van der Waals surface area contributed by atoms with Crippen molar-refractivity contribution in [2.24, 2.45) is 5.73 Å². The SMILES string of the molecule is Cc1ccc(N(C)C(=O)[C@@H](N)Cc2ccccc2)c(C)c1. The molecule has 0 aromatic heterocycles. The minimum Gasteiger partial charge on any atom is -0.320 e. The molecule has 0 bridgehead atoms. The number of likely N-dealkylation sites (N-methyl/N-ethyl adjacent to an activating group) is 1. The molecule has 1 atom stereocenters. The maximum Gasteiger partial charge on any atom is 0.243 e. The molecule has 3 heteroatoms. The molecule has 2 N–H and O–H groups in total. The Balaban J connectivity index is 2.11. The van der Waals surface area contributed by atoms with Crippen LogP contribution in [0.4, 0.5) is 5.69 Å². The fourth-order valence-electron chi connectivity index (χ4n) is 2.50. The van der Waals surface area contributed by atoms with E-state index >= 15 is 0 Å². The highest BCUT2D eigenvalue weighted by molar-refractivity contribution is 5.97. The van der Waals surface area contributed by atoms with Gasteiger partial charge in [0.25, 0.3) is 0 Å². The van der Waals surface area contributed by atoms with Gasteiger partial charge in [0.2, 0.25) is 5.91 Å². The number of aryl methyl sites for hydroxylation is 2. The molecule has 2 rings (SSSR count). The predicted octanol–water partition coefficient (Wildman–Crippen LogP) is 2.84. The molecule has 0 unspecified atom stereocenters. The van der Waals surface area contributed by atoms with Crippen molar-refractivity contribution in [1.29, 1.82) is 0 Å². The fraction of sp³-hybridized carbons (Fsp3) is 0.278. The van der Waals surface area contributed by atoms with Gasteiger partial charge in [0.1, 0.15) is 0 Å². The van der Waals surface area contributed by atoms with Crippen LogP contribution in [0.5, 0.6) is 0 Å². The summed E-state index contributed by atoms with van der Waals surface area (Å²) in [7, 11) is 1.78. The Morgan fingerprint density at radius 3 is 2.43 bits per heavy atom. The quantitative estimate of drug-likeness (QED) is 0.937. The molecule has 2 aromatic carbocycles. The highest BCUT2D eigenvalue weighted by Crippen LogP contribution is 2.20. The maximum absolute atomic E-state index is 12.5. The zero-order valence-corrected chi connectivity index (χ0v) is 12.8. The van der Waals surface area contributed by atoms with Gasteiger partial charge in [-0.2, -0.15) is 0 Å². The van der Waals surface area contributed by atoms with Gasteiger partial charge in [-0.3, -0.25) is 4.79 Å². The van der Waals surface area contributed by atoms with Gasteiger partial charge in [0, 0.05) is 12.7 Å². The summed E-state index contributed by atoms with van der Waals surface area (Å²) >= 11 is 0. The van der Waals surface area contributed by atoms with Crippen molar-refractivity contribution in [3.63, 3.8) is 0 Å². The first-order chi connectivity index (χ1) is 9.99. The van der Waals surface area contributed by atoms with Crippen LogP contribution in [0, 0.1) is 13.8 Å². The normalized spacial score (nSPS) is 12.0. The second-order valence-electron chi connectivity index (χ2n) is 5.48. The van der Waals surface area contributed by atoms with Gasteiger partial charge >= 0.3 is 0 Å². The van der Waals surface area contributed by atoms with E-state index in [2.05, 4.69) is 6.07 Å². The van der Waals surface area contributed by atoms with Crippen LogP contribution in [0.1, 0.15) is 16.7 Å². The molecular formula is C18H22N2O. The molecule has 0 fully saturated rings. The molecule has 3 nitrogen and oxygen atoms in total. The van der Waals surface area contributed by atoms with E-state index in [0.29, 0.717) is 6.42 Å². The highest BCUT2D eigenvalue weighted by atomic mass is 16.2. The summed E-state index contributed by atoms with van der Waals surface area (Å²) in [5, 5.41) is 0. The molecule has 0 radical (unpaired) electrons. The molecule has 0 aliphatic rings. The Bertz CT molecular complexity index is 622. The Kier molecular flexibility index (Phi) is 4.76. The number of nitrogens with zero attached hydrogens (tertiary/aromatic N) is 1. The number of hydrogen-bond donors (Lipinski definition) is 1. The van der Waals surface area contributed by atoms with Crippen molar-refractivity contribution in [2.75, 3.05) is 11.9 Å². The summed E-state index contributed by atoms with van der Waals surface area (Å²) < 4.78 is 0. The molecule has 0 heterocycles. The second kappa shape index (κ2) is 6.55. The number of anilines is 1. The second-order valence-corrected chi connectivity index (χ2v) is 5.48. The van der Waals surface area contributed by atoms with Crippen LogP contribution in [0.25, 0.3) is 0 Å². The molecular weight excluding hydrogens is 260 g/mol. The minimum atomic E-state index is -0.530. The lowest BCUT2D eigenvalue weighted by atomic mass is 10.0. The van der Waals surface area contributed by atoms with E-state index in [0.717, 1.165) is 16.8 Å². The van der Waals surface area contributed by atoms with Crippen LogP contribution in [0.2, 0.25) is 0 Å². The van der Waals surface area contributed by atoms with E-state index in [9.17, 15) is 4.79 Å². The van der Waals surface area contributed by atoms with Crippen LogP contribution < -0.4 is 10.6 Å². The zero-order valence-electron chi connectivity index (χ0n) is 12.8. The third kappa shape index (κ3) is 3.70. The third-order valence-electron chi connectivity index (χ3n) is 3.66. The number of carbonyl (C=O) groups is 1. The number of nitrogens with two attached hydrogens (primary N) is 1. The summed E-state index contributed by atoms with van der Waals surface area (Å²) in [6, 6.07) is 15.4. The van der Waals surface area contributed by atoms with E-state index in [1.807, 2.05) is 56.3 Å². The first-order valence-electron chi connectivity index (χ1n) is 7.13. The van der Waals surface area contributed by atoms with Gasteiger partial charge in [-0.15, -0.1) is 0 Å². The lowest BCUT2D eigenvalue weighted by molar-refractivity contribution is -0.119. The number of rotatable bonds is 4. The van der Waals surface area contributed by atoms with Crippen molar-refractivity contribution in [3.05, 3.63) is 65.2 Å². The summed E-state index contributed by atoms with van der Waals surface area (Å²) in [6.07, 6.45) is 0.551. The summed E-state index contributed by atoms with van der Waals surface area (Å²) in [6.45, 7) is 4.05. The van der Waals surface area contributed by atoms with Crippen molar-refractivity contribution in [3.8, 4) is 0 Å². The van der Waals surface area contributed by atoms with E-state index in [1.54, 1.807) is 11.9 Å². The van der Waals surface area contributed by atoms with Crippen molar-refractivity contribution in [1.82, 2.24) is 0 Å². The average Bonchev–Trinajstić information content (AvgIpc) is 2.47. The molecule has 1 amide bonds. The topological polar surface area (TPSA) is 46.3 Å². The van der Waals surface area contributed by atoms with Crippen molar-refractivity contribution >= 4 is 11.6 Å². The molecule has 110 valence electrons. The smallest absolute Gasteiger partial charge is 0.243 e. The van der Waals surface area contributed by atoms with Gasteiger partial charge in [0.05, 0.1) is 6.04 Å². The molecule has 0 aliphatic heterocycles. The third-order valence-corrected chi connectivity index (χ3v) is 3.66. The van der Waals surface area contributed by atoms with E-state index < -0.39 is 6.04 Å². The number of carbonyl (C=O) groups excluding carboxylic acids is 1. The molecule has 0 saturated heterocycles. The van der Waals surface area contributed by atoms with Crippen LogP contribution in [0.15, 0.2) is 48.5 Å². The van der Waals surface area contributed by atoms with Gasteiger partial charge in [-0.25, -0.2) is 0 Å². The first-order valence-corrected chi connectivity index (χ1v) is 7.13. The monoisotopic (exact) mass is 282 g/mol. The molecule has 0 aliphatic carbocycles. The molecule has 0 saturated carbocycles. The highest BCUT2D eigenvalue weighted by Gasteiger charge is 2.20. The largest absolute Gasteiger partial charge is 0.320 e. The van der Waals surface area contributed by atoms with Crippen LogP contribution in [-0.2, 0) is 11.2 Å². The fourth-order valence-corrected chi connectivity index (χ4v) is 2.50. The van der Waals surface area contributed by atoms with E-state index in [1.165, 1.54) is 5.56 Å². The summed E-state index contributed by atoms with van der Waals surface area (Å²) in [5.41, 5.74) is 10.3. The van der Waals surface area contributed by atoms with Gasteiger partial charge in [-0.1, -0.05) is 48.0 Å². The summed E-state index contributed by atoms with van der Waals surface area (Å²) in [4.78, 5) is 14.1. The Morgan fingerprint density at radius 1 is 1.14 bits per heavy atom. The maximum atomic E-state index is 12.5. The Labute approximate surface area is 126 Å². The van der Waals surface area contributed by atoms with Crippen LogP contribution >= 0.6 is 0 Å². The van der Waals surface area contributed by atoms with Crippen LogP contribution in [0.3, 0.4) is 0 Å². The van der Waals surface area contributed by atoms with Gasteiger partial charge in [0.15, 0.2) is 0 Å². The molecule has 2 aromatic rings. The van der Waals surface area contributed by atoms with Crippen LogP contribution in [-0.4, -0.2) is 19.0 Å². The number of amides is 1. The minimum absolute atomic E-state index is 0.0641. The summed E-state index contributed by atoms with van der Waals surface area (Å²) in [5.74, 6) is -0.0641. The number of benzene rings is 2. The first kappa shape index (κ1) is 15.3. The Morgan fingerprint density at radius 2 is 1.81 bits per heavy atom. The van der Waals surface area contributed by atoms with Gasteiger partial charge in [-0.05, 0) is 37.5 Å². The lowest BCUT2D eigenvalue weighted by Gasteiger charge is -2.23. The molecule has 21 heavy (non-hydrogen) atoms. The predicted molar refractivity (Wildman–Crippen MR) is 87.4 cm³/mol. The van der Waals surface area contributed by atoms with Crippen molar-refractivity contribution in [2.45, 2.75) is 26.3 Å². The van der Waals surface area contributed by atoms with E-state index in [-0.39, 0.29) is 5.91 Å². The van der Waals surface area contributed by atoms with E-state index in [4.69, 9.17) is 5.73 Å². The van der Waals surface area contributed by atoms with Gasteiger partial charge < -0.3 is 10.6 Å². The standard InChI is InChI=1S/C18H22N2O/c1-13-9-10-17(14(2)11-13)20(3)18(21)16(19)12-15-7-5-4-6-8-15/h4-11,16H,12,19H2,1-3H3/t16-/m0/s1. The Hall–Kier alpha value is -2.13. The lowest BCUT2D eigenvalue weighted by Crippen LogP contribution is -2.43.